The van der Waals surface area contributed by atoms with Crippen LogP contribution in [0.2, 0.25) is 13.1 Å². The lowest BCUT2D eigenvalue weighted by Gasteiger charge is -2.28. The zero-order valence-corrected chi connectivity index (χ0v) is 24.4. The van der Waals surface area contributed by atoms with E-state index in [9.17, 15) is 0 Å². The summed E-state index contributed by atoms with van der Waals surface area (Å²) in [5.41, 5.74) is 9.79. The van der Waals surface area contributed by atoms with E-state index in [0.717, 1.165) is 22.7 Å². The van der Waals surface area contributed by atoms with Gasteiger partial charge < -0.3 is 9.80 Å². The van der Waals surface area contributed by atoms with E-state index in [-0.39, 0.29) is 0 Å². The van der Waals surface area contributed by atoms with Crippen molar-refractivity contribution in [1.82, 2.24) is 0 Å². The minimum atomic E-state index is -1.99. The SMILES string of the molecule is C[Si]1(C)c2cc(N(c3ccccc3)c3ccccc3)ccc2-c2c(N(c3ccccc3)c3ccccc3)cccc21. The Morgan fingerprint density at radius 1 is 0.390 bits per heavy atom. The average molecular weight is 545 g/mol. The number of para-hydroxylation sites is 4. The highest BCUT2D eigenvalue weighted by atomic mass is 28.3. The number of fused-ring (bicyclic) bond motifs is 3. The van der Waals surface area contributed by atoms with Gasteiger partial charge in [0.15, 0.2) is 0 Å². The Hall–Kier alpha value is -4.86. The van der Waals surface area contributed by atoms with E-state index in [4.69, 9.17) is 0 Å². The van der Waals surface area contributed by atoms with E-state index >= 15 is 0 Å². The van der Waals surface area contributed by atoms with Crippen LogP contribution in [0, 0.1) is 0 Å². The molecule has 6 aromatic carbocycles. The van der Waals surface area contributed by atoms with Crippen LogP contribution in [-0.2, 0) is 0 Å². The standard InChI is InChI=1S/C38H32N2Si/c1-41(2)36-25-15-24-35(40(31-20-11-5-12-21-31)32-22-13-6-14-23-32)38(36)34-27-26-33(28-37(34)41)39(29-16-7-3-8-17-29)30-18-9-4-10-19-30/h3-28H,1-2H3. The largest absolute Gasteiger partial charge is 0.311 e. The predicted molar refractivity (Wildman–Crippen MR) is 178 cm³/mol. The van der Waals surface area contributed by atoms with Gasteiger partial charge in [0.1, 0.15) is 8.07 Å². The van der Waals surface area contributed by atoms with Crippen LogP contribution in [0.25, 0.3) is 11.1 Å². The van der Waals surface area contributed by atoms with Crippen LogP contribution in [-0.4, -0.2) is 8.07 Å². The van der Waals surface area contributed by atoms with Crippen LogP contribution in [0.3, 0.4) is 0 Å². The molecule has 41 heavy (non-hydrogen) atoms. The molecule has 2 nitrogen and oxygen atoms in total. The summed E-state index contributed by atoms with van der Waals surface area (Å²) >= 11 is 0. The second kappa shape index (κ2) is 10.3. The molecule has 7 rings (SSSR count). The third kappa shape index (κ3) is 4.35. The molecule has 1 aliphatic rings. The highest BCUT2D eigenvalue weighted by Crippen LogP contribution is 2.44. The van der Waals surface area contributed by atoms with Gasteiger partial charge in [-0.15, -0.1) is 0 Å². The first-order chi connectivity index (χ1) is 20.1. The summed E-state index contributed by atoms with van der Waals surface area (Å²) in [5.74, 6) is 0. The van der Waals surface area contributed by atoms with Crippen molar-refractivity contribution in [2.75, 3.05) is 9.80 Å². The third-order valence-corrected chi connectivity index (χ3v) is 11.7. The minimum Gasteiger partial charge on any atom is -0.311 e. The van der Waals surface area contributed by atoms with Crippen molar-refractivity contribution in [1.29, 1.82) is 0 Å². The fraction of sp³-hybridized carbons (Fsp3) is 0.0526. The number of benzene rings is 6. The summed E-state index contributed by atoms with van der Waals surface area (Å²) in [4.78, 5) is 4.78. The average Bonchev–Trinajstić information content (AvgIpc) is 3.26. The van der Waals surface area contributed by atoms with E-state index in [1.165, 1.54) is 32.9 Å². The van der Waals surface area contributed by atoms with Crippen molar-refractivity contribution in [3.05, 3.63) is 158 Å². The highest BCUT2D eigenvalue weighted by Gasteiger charge is 2.40. The summed E-state index contributed by atoms with van der Waals surface area (Å²) in [6, 6.07) is 56.8. The predicted octanol–water partition coefficient (Wildman–Crippen LogP) is 9.43. The Morgan fingerprint density at radius 3 is 1.34 bits per heavy atom. The Morgan fingerprint density at radius 2 is 0.854 bits per heavy atom. The second-order valence-electron chi connectivity index (χ2n) is 11.1. The number of rotatable bonds is 6. The molecule has 0 unspecified atom stereocenters. The molecule has 3 heteroatoms. The van der Waals surface area contributed by atoms with E-state index in [0.29, 0.717) is 0 Å². The van der Waals surface area contributed by atoms with Gasteiger partial charge >= 0.3 is 0 Å². The van der Waals surface area contributed by atoms with Crippen LogP contribution < -0.4 is 20.2 Å². The Kier molecular flexibility index (Phi) is 6.30. The van der Waals surface area contributed by atoms with Crippen LogP contribution in [0.5, 0.6) is 0 Å². The molecule has 0 atom stereocenters. The first kappa shape index (κ1) is 25.1. The van der Waals surface area contributed by atoms with Crippen LogP contribution in [0.15, 0.2) is 158 Å². The van der Waals surface area contributed by atoms with E-state index < -0.39 is 8.07 Å². The third-order valence-electron chi connectivity index (χ3n) is 8.22. The zero-order valence-electron chi connectivity index (χ0n) is 23.4. The molecule has 6 aromatic rings. The topological polar surface area (TPSA) is 6.48 Å². The first-order valence-electron chi connectivity index (χ1n) is 14.2. The smallest absolute Gasteiger partial charge is 0.114 e. The molecule has 198 valence electrons. The highest BCUT2D eigenvalue weighted by molar-refractivity contribution is 7.04. The van der Waals surface area contributed by atoms with Crippen LogP contribution in [0.4, 0.5) is 34.1 Å². The number of hydrogen-bond acceptors (Lipinski definition) is 2. The molecule has 1 heterocycles. The van der Waals surface area contributed by atoms with Crippen molar-refractivity contribution in [2.24, 2.45) is 0 Å². The molecule has 1 aliphatic heterocycles. The fourth-order valence-corrected chi connectivity index (χ4v) is 9.35. The van der Waals surface area contributed by atoms with Gasteiger partial charge in [0, 0.05) is 34.0 Å². The fourth-order valence-electron chi connectivity index (χ4n) is 6.26. The minimum absolute atomic E-state index is 1.16. The lowest BCUT2D eigenvalue weighted by atomic mass is 10.0. The van der Waals surface area contributed by atoms with E-state index in [1.807, 2.05) is 0 Å². The lowest BCUT2D eigenvalue weighted by molar-refractivity contribution is 1.28. The summed E-state index contributed by atoms with van der Waals surface area (Å²) < 4.78 is 0. The van der Waals surface area contributed by atoms with Gasteiger partial charge in [-0.3, -0.25) is 0 Å². The van der Waals surface area contributed by atoms with E-state index in [2.05, 4.69) is 181 Å². The molecular formula is C38H32N2Si. The molecular weight excluding hydrogens is 513 g/mol. The van der Waals surface area contributed by atoms with Crippen molar-refractivity contribution >= 4 is 52.6 Å². The Bertz CT molecular complexity index is 1720. The normalized spacial score (nSPS) is 12.8. The van der Waals surface area contributed by atoms with E-state index in [1.54, 1.807) is 0 Å². The summed E-state index contributed by atoms with van der Waals surface area (Å²) in [6.45, 7) is 4.99. The Balaban J connectivity index is 1.43. The summed E-state index contributed by atoms with van der Waals surface area (Å²) in [6.07, 6.45) is 0. The van der Waals surface area contributed by atoms with Gasteiger partial charge in [-0.25, -0.2) is 0 Å². The van der Waals surface area contributed by atoms with Crippen molar-refractivity contribution in [3.63, 3.8) is 0 Å². The van der Waals surface area contributed by atoms with Gasteiger partial charge in [0.2, 0.25) is 0 Å². The molecule has 0 bridgehead atoms. The van der Waals surface area contributed by atoms with Gasteiger partial charge in [0.25, 0.3) is 0 Å². The molecule has 0 aliphatic carbocycles. The van der Waals surface area contributed by atoms with Crippen LogP contribution >= 0.6 is 0 Å². The second-order valence-corrected chi connectivity index (χ2v) is 15.4. The molecule has 0 amide bonds. The quantitative estimate of drug-likeness (QED) is 0.193. The maximum absolute atomic E-state index is 2.50. The van der Waals surface area contributed by atoms with Crippen LogP contribution in [0.1, 0.15) is 0 Å². The molecule has 0 spiro atoms. The molecule has 0 saturated carbocycles. The Labute approximate surface area is 243 Å². The molecule has 0 radical (unpaired) electrons. The van der Waals surface area contributed by atoms with Gasteiger partial charge in [0.05, 0.1) is 5.69 Å². The summed E-state index contributed by atoms with van der Waals surface area (Å²) in [7, 11) is -1.99. The first-order valence-corrected chi connectivity index (χ1v) is 17.2. The van der Waals surface area contributed by atoms with Crippen molar-refractivity contribution in [3.8, 4) is 11.1 Å². The van der Waals surface area contributed by atoms with Crippen molar-refractivity contribution < 1.29 is 0 Å². The molecule has 0 fully saturated rings. The lowest BCUT2D eigenvalue weighted by Crippen LogP contribution is -2.49. The molecule has 0 saturated heterocycles. The van der Waals surface area contributed by atoms with Gasteiger partial charge in [-0.05, 0) is 82.7 Å². The zero-order chi connectivity index (χ0) is 27.8. The molecule has 0 N–H and O–H groups in total. The maximum Gasteiger partial charge on any atom is 0.114 e. The van der Waals surface area contributed by atoms with Gasteiger partial charge in [-0.2, -0.15) is 0 Å². The van der Waals surface area contributed by atoms with Gasteiger partial charge in [-0.1, -0.05) is 104 Å². The number of hydrogen-bond donors (Lipinski definition) is 0. The summed E-state index contributed by atoms with van der Waals surface area (Å²) in [5, 5.41) is 2.97. The monoisotopic (exact) mass is 544 g/mol. The molecule has 0 aromatic heterocycles. The number of anilines is 6. The number of nitrogens with zero attached hydrogens (tertiary/aromatic N) is 2. The van der Waals surface area contributed by atoms with Crippen molar-refractivity contribution in [2.45, 2.75) is 13.1 Å². The maximum atomic E-state index is 2.50.